The van der Waals surface area contributed by atoms with E-state index >= 15 is 0 Å². The van der Waals surface area contributed by atoms with Crippen LogP contribution in [-0.2, 0) is 14.2 Å². The Bertz CT molecular complexity index is 800. The minimum absolute atomic E-state index is 0.0822. The topological polar surface area (TPSA) is 57.2 Å². The lowest BCUT2D eigenvalue weighted by atomic mass is 10.00. The number of nitrogens with zero attached hydrogens (tertiary/aromatic N) is 1. The van der Waals surface area contributed by atoms with Crippen LogP contribution in [0.25, 0.3) is 6.08 Å². The van der Waals surface area contributed by atoms with Crippen molar-refractivity contribution >= 4 is 12.2 Å². The summed E-state index contributed by atoms with van der Waals surface area (Å²) in [5, 5.41) is 0. The van der Waals surface area contributed by atoms with Gasteiger partial charge < -0.3 is 23.8 Å². The molecule has 3 aliphatic rings. The Balaban J connectivity index is 1.35. The highest BCUT2D eigenvalue weighted by atomic mass is 19.1. The second-order valence-corrected chi connectivity index (χ2v) is 9.24. The molecule has 7 heteroatoms. The number of hydrogen-bond donors (Lipinski definition) is 0. The van der Waals surface area contributed by atoms with Crippen molar-refractivity contribution in [2.75, 3.05) is 0 Å². The van der Waals surface area contributed by atoms with Crippen molar-refractivity contribution in [3.63, 3.8) is 0 Å². The summed E-state index contributed by atoms with van der Waals surface area (Å²) in [7, 11) is 0. The smallest absolute Gasteiger partial charge is 0.410 e. The van der Waals surface area contributed by atoms with E-state index in [0.29, 0.717) is 18.4 Å². The quantitative estimate of drug-likeness (QED) is 0.697. The third-order valence-corrected chi connectivity index (χ3v) is 5.64. The van der Waals surface area contributed by atoms with Gasteiger partial charge in [-0.25, -0.2) is 9.18 Å². The Kier molecular flexibility index (Phi) is 5.77. The van der Waals surface area contributed by atoms with Crippen molar-refractivity contribution in [2.24, 2.45) is 0 Å². The maximum atomic E-state index is 14.6. The Morgan fingerprint density at radius 3 is 2.43 bits per heavy atom. The van der Waals surface area contributed by atoms with E-state index in [1.807, 2.05) is 32.6 Å². The van der Waals surface area contributed by atoms with E-state index in [4.69, 9.17) is 18.9 Å². The minimum Gasteiger partial charge on any atom is -0.487 e. The van der Waals surface area contributed by atoms with Gasteiger partial charge in [-0.3, -0.25) is 0 Å². The molecule has 164 valence electrons. The summed E-state index contributed by atoms with van der Waals surface area (Å²) in [6.45, 7) is 7.44. The standard InChI is InChI=1S/C23H30FNO5/c1-14-27-21(28-14)10-6-15-5-9-20(19(24)11-15)29-18-12-16-7-8-17(13-18)25(16)22(26)30-23(2,3)4/h5-6,9-11,14,16-18,21H,7-8,12-13H2,1-4H3/b10-6+/t14?,16-,17+,18+,21?. The lowest BCUT2D eigenvalue weighted by molar-refractivity contribution is -0.354. The Morgan fingerprint density at radius 2 is 1.87 bits per heavy atom. The van der Waals surface area contributed by atoms with Crippen LogP contribution in [0.3, 0.4) is 0 Å². The third-order valence-electron chi connectivity index (χ3n) is 5.64. The average Bonchev–Trinajstić information content (AvgIpc) is 2.90. The van der Waals surface area contributed by atoms with Gasteiger partial charge in [0.05, 0.1) is 0 Å². The monoisotopic (exact) mass is 419 g/mol. The minimum atomic E-state index is -0.516. The van der Waals surface area contributed by atoms with Gasteiger partial charge in [0.15, 0.2) is 24.1 Å². The van der Waals surface area contributed by atoms with E-state index in [0.717, 1.165) is 12.8 Å². The molecular formula is C23H30FNO5. The number of fused-ring (bicyclic) bond motifs is 2. The summed E-state index contributed by atoms with van der Waals surface area (Å²) in [5.41, 5.74) is 0.199. The van der Waals surface area contributed by atoms with Gasteiger partial charge in [0, 0.05) is 24.9 Å². The van der Waals surface area contributed by atoms with Crippen LogP contribution in [-0.4, -0.2) is 47.4 Å². The number of benzene rings is 1. The van der Waals surface area contributed by atoms with Gasteiger partial charge in [0.2, 0.25) is 0 Å². The van der Waals surface area contributed by atoms with Crippen LogP contribution in [0.1, 0.15) is 58.9 Å². The molecule has 0 saturated carbocycles. The summed E-state index contributed by atoms with van der Waals surface area (Å²) < 4.78 is 36.8. The van der Waals surface area contributed by atoms with Crippen LogP contribution < -0.4 is 4.74 Å². The molecule has 2 bridgehead atoms. The zero-order valence-electron chi connectivity index (χ0n) is 18.0. The molecule has 0 N–H and O–H groups in total. The largest absolute Gasteiger partial charge is 0.487 e. The molecule has 3 heterocycles. The van der Waals surface area contributed by atoms with Crippen molar-refractivity contribution in [1.82, 2.24) is 4.90 Å². The van der Waals surface area contributed by atoms with Crippen molar-refractivity contribution < 1.29 is 28.1 Å². The first-order valence-corrected chi connectivity index (χ1v) is 10.6. The van der Waals surface area contributed by atoms with Gasteiger partial charge in [-0.05, 0) is 64.3 Å². The van der Waals surface area contributed by atoms with Gasteiger partial charge in [0.25, 0.3) is 0 Å². The van der Waals surface area contributed by atoms with Gasteiger partial charge >= 0.3 is 6.09 Å². The first kappa shape index (κ1) is 21.1. The van der Waals surface area contributed by atoms with Crippen LogP contribution >= 0.6 is 0 Å². The van der Waals surface area contributed by atoms with E-state index in [1.165, 1.54) is 6.07 Å². The molecule has 1 aromatic rings. The number of ether oxygens (including phenoxy) is 4. The van der Waals surface area contributed by atoms with E-state index in [-0.39, 0.29) is 42.6 Å². The second kappa shape index (κ2) is 8.19. The summed E-state index contributed by atoms with van der Waals surface area (Å²) in [6.07, 6.45) is 5.81. The van der Waals surface area contributed by atoms with Crippen molar-refractivity contribution in [2.45, 2.75) is 89.7 Å². The van der Waals surface area contributed by atoms with Gasteiger partial charge in [0.1, 0.15) is 11.7 Å². The summed E-state index contributed by atoms with van der Waals surface area (Å²) in [5.74, 6) is -0.157. The Hall–Kier alpha value is -2.12. The third kappa shape index (κ3) is 4.78. The number of rotatable bonds is 4. The Morgan fingerprint density at radius 1 is 1.20 bits per heavy atom. The SMILES string of the molecule is CC1OC(/C=C/c2ccc(O[C@H]3C[C@H]4CC[C@@H](C3)N4C(=O)OC(C)(C)C)c(F)c2)O1. The fraction of sp³-hybridized carbons (Fsp3) is 0.609. The van der Waals surface area contributed by atoms with Crippen LogP contribution in [0.4, 0.5) is 9.18 Å². The van der Waals surface area contributed by atoms with E-state index in [2.05, 4.69) is 0 Å². The van der Waals surface area contributed by atoms with Gasteiger partial charge in [-0.15, -0.1) is 0 Å². The number of piperidine rings is 1. The summed E-state index contributed by atoms with van der Waals surface area (Å²) in [6, 6.07) is 5.07. The highest BCUT2D eigenvalue weighted by Gasteiger charge is 2.45. The number of hydrogen-bond acceptors (Lipinski definition) is 5. The molecule has 3 saturated heterocycles. The molecule has 3 fully saturated rings. The molecule has 0 aliphatic carbocycles. The first-order chi connectivity index (χ1) is 14.2. The summed E-state index contributed by atoms with van der Waals surface area (Å²) in [4.78, 5) is 14.4. The van der Waals surface area contributed by atoms with Crippen molar-refractivity contribution in [3.8, 4) is 5.75 Å². The second-order valence-electron chi connectivity index (χ2n) is 9.24. The fourth-order valence-electron chi connectivity index (χ4n) is 4.40. The highest BCUT2D eigenvalue weighted by molar-refractivity contribution is 5.69. The predicted octanol–water partition coefficient (Wildman–Crippen LogP) is 4.87. The molecule has 1 amide bonds. The molecule has 0 aromatic heterocycles. The average molecular weight is 419 g/mol. The number of halogens is 1. The van der Waals surface area contributed by atoms with E-state index in [1.54, 1.807) is 24.3 Å². The van der Waals surface area contributed by atoms with Gasteiger partial charge in [-0.1, -0.05) is 12.1 Å². The van der Waals surface area contributed by atoms with Crippen LogP contribution in [0.15, 0.2) is 24.3 Å². The number of carbonyl (C=O) groups is 1. The Labute approximate surface area is 176 Å². The van der Waals surface area contributed by atoms with Crippen molar-refractivity contribution in [1.29, 1.82) is 0 Å². The lowest BCUT2D eigenvalue weighted by Gasteiger charge is -2.39. The zero-order valence-corrected chi connectivity index (χ0v) is 18.0. The van der Waals surface area contributed by atoms with Crippen LogP contribution in [0.2, 0.25) is 0 Å². The van der Waals surface area contributed by atoms with E-state index in [9.17, 15) is 9.18 Å². The zero-order chi connectivity index (χ0) is 21.5. The highest BCUT2D eigenvalue weighted by Crippen LogP contribution is 2.38. The fourth-order valence-corrected chi connectivity index (χ4v) is 4.40. The first-order valence-electron chi connectivity index (χ1n) is 10.6. The maximum absolute atomic E-state index is 14.6. The lowest BCUT2D eigenvalue weighted by Crippen LogP contribution is -2.50. The molecule has 6 nitrogen and oxygen atoms in total. The van der Waals surface area contributed by atoms with Crippen LogP contribution in [0.5, 0.6) is 5.75 Å². The van der Waals surface area contributed by atoms with Crippen molar-refractivity contribution in [3.05, 3.63) is 35.7 Å². The molecule has 1 aromatic carbocycles. The molecule has 0 unspecified atom stereocenters. The normalized spacial score (nSPS) is 31.0. The molecule has 4 rings (SSSR count). The molecular weight excluding hydrogens is 389 g/mol. The van der Waals surface area contributed by atoms with E-state index < -0.39 is 11.4 Å². The van der Waals surface area contributed by atoms with Crippen LogP contribution in [0, 0.1) is 5.82 Å². The molecule has 3 atom stereocenters. The number of carbonyl (C=O) groups excluding carboxylic acids is 1. The maximum Gasteiger partial charge on any atom is 0.410 e. The predicted molar refractivity (Wildman–Crippen MR) is 109 cm³/mol. The van der Waals surface area contributed by atoms with Gasteiger partial charge in [-0.2, -0.15) is 0 Å². The summed E-state index contributed by atoms with van der Waals surface area (Å²) >= 11 is 0. The number of amides is 1. The molecule has 0 spiro atoms. The molecule has 30 heavy (non-hydrogen) atoms. The molecule has 3 aliphatic heterocycles. The molecule has 0 radical (unpaired) electrons.